The van der Waals surface area contributed by atoms with Gasteiger partial charge in [-0.1, -0.05) is 0 Å². The Kier molecular flexibility index (Phi) is 3.22. The topological polar surface area (TPSA) is 97.1 Å². The molecule has 2 amide bonds. The highest BCUT2D eigenvalue weighted by molar-refractivity contribution is 6.00. The lowest BCUT2D eigenvalue weighted by molar-refractivity contribution is -0.120. The van der Waals surface area contributed by atoms with Crippen LogP contribution < -0.4 is 16.4 Å². The van der Waals surface area contributed by atoms with E-state index < -0.39 is 0 Å². The molecular weight excluding hydrogens is 220 g/mol. The van der Waals surface area contributed by atoms with Crippen molar-refractivity contribution < 1.29 is 9.59 Å². The molecule has 6 heteroatoms. The lowest BCUT2D eigenvalue weighted by Crippen LogP contribution is -2.38. The number of aromatic nitrogens is 1. The normalized spacial score (nSPS) is 14.1. The van der Waals surface area contributed by atoms with Gasteiger partial charge in [0.05, 0.1) is 24.0 Å². The van der Waals surface area contributed by atoms with E-state index in [1.165, 1.54) is 18.5 Å². The molecule has 0 aliphatic heterocycles. The zero-order valence-electron chi connectivity index (χ0n) is 9.27. The van der Waals surface area contributed by atoms with Crippen molar-refractivity contribution >= 4 is 17.5 Å². The molecule has 0 unspecified atom stereocenters. The first kappa shape index (κ1) is 11.4. The summed E-state index contributed by atoms with van der Waals surface area (Å²) in [5, 5.41) is 5.29. The van der Waals surface area contributed by atoms with Gasteiger partial charge in [-0.2, -0.15) is 0 Å². The van der Waals surface area contributed by atoms with Crippen LogP contribution in [0, 0.1) is 0 Å². The number of hydrogen-bond donors (Lipinski definition) is 3. The Morgan fingerprint density at radius 2 is 2.24 bits per heavy atom. The number of nitrogens with one attached hydrogen (secondary N) is 2. The minimum Gasteiger partial charge on any atom is -0.397 e. The number of carbonyl (C=O) groups is 2. The summed E-state index contributed by atoms with van der Waals surface area (Å²) in [6.45, 7) is -0.0307. The highest BCUT2D eigenvalue weighted by Crippen LogP contribution is 2.18. The van der Waals surface area contributed by atoms with Gasteiger partial charge in [0.1, 0.15) is 0 Å². The van der Waals surface area contributed by atoms with Crippen LogP contribution in [0.3, 0.4) is 0 Å². The minimum absolute atomic E-state index is 0.0307. The van der Waals surface area contributed by atoms with Crippen molar-refractivity contribution in [3.05, 3.63) is 24.0 Å². The lowest BCUT2D eigenvalue weighted by Gasteiger charge is -2.07. The van der Waals surface area contributed by atoms with Crippen LogP contribution >= 0.6 is 0 Å². The van der Waals surface area contributed by atoms with Crippen molar-refractivity contribution in [3.8, 4) is 0 Å². The van der Waals surface area contributed by atoms with Gasteiger partial charge in [-0.15, -0.1) is 0 Å². The second-order valence-corrected chi connectivity index (χ2v) is 3.99. The highest BCUT2D eigenvalue weighted by Gasteiger charge is 2.23. The Morgan fingerprint density at radius 1 is 1.47 bits per heavy atom. The maximum atomic E-state index is 11.7. The maximum absolute atomic E-state index is 11.7. The summed E-state index contributed by atoms with van der Waals surface area (Å²) < 4.78 is 0. The van der Waals surface area contributed by atoms with Crippen molar-refractivity contribution in [1.82, 2.24) is 15.6 Å². The molecular formula is C11H14N4O2. The van der Waals surface area contributed by atoms with E-state index in [1.54, 1.807) is 0 Å². The molecule has 1 aromatic rings. The largest absolute Gasteiger partial charge is 0.397 e. The van der Waals surface area contributed by atoms with Crippen LogP contribution in [-0.4, -0.2) is 29.4 Å². The van der Waals surface area contributed by atoms with E-state index in [4.69, 9.17) is 5.73 Å². The van der Waals surface area contributed by atoms with Crippen molar-refractivity contribution in [1.29, 1.82) is 0 Å². The molecule has 6 nitrogen and oxygen atoms in total. The number of hydrogen-bond acceptors (Lipinski definition) is 4. The lowest BCUT2D eigenvalue weighted by atomic mass is 10.2. The molecule has 0 spiro atoms. The molecule has 0 bridgehead atoms. The number of pyridine rings is 1. The first-order chi connectivity index (χ1) is 8.16. The van der Waals surface area contributed by atoms with Gasteiger partial charge in [0.15, 0.2) is 0 Å². The van der Waals surface area contributed by atoms with Crippen molar-refractivity contribution in [2.24, 2.45) is 0 Å². The smallest absolute Gasteiger partial charge is 0.253 e. The third-order valence-corrected chi connectivity index (χ3v) is 2.45. The molecule has 17 heavy (non-hydrogen) atoms. The van der Waals surface area contributed by atoms with Crippen LogP contribution in [0.5, 0.6) is 0 Å². The Bertz CT molecular complexity index is 443. The number of amides is 2. The van der Waals surface area contributed by atoms with E-state index in [0.717, 1.165) is 12.8 Å². The molecule has 2 rings (SSSR count). The first-order valence-electron chi connectivity index (χ1n) is 5.44. The second kappa shape index (κ2) is 4.82. The number of anilines is 1. The van der Waals surface area contributed by atoms with Crippen LogP contribution in [0.2, 0.25) is 0 Å². The predicted molar refractivity (Wildman–Crippen MR) is 62.1 cm³/mol. The Hall–Kier alpha value is -2.11. The number of nitrogens with two attached hydrogens (primary N) is 1. The zero-order chi connectivity index (χ0) is 12.3. The van der Waals surface area contributed by atoms with E-state index in [9.17, 15) is 9.59 Å². The maximum Gasteiger partial charge on any atom is 0.253 e. The molecule has 4 N–H and O–H groups in total. The van der Waals surface area contributed by atoms with Crippen molar-refractivity contribution in [3.63, 3.8) is 0 Å². The number of nitrogens with zero attached hydrogens (tertiary/aromatic N) is 1. The molecule has 1 heterocycles. The van der Waals surface area contributed by atoms with Gasteiger partial charge in [0.25, 0.3) is 5.91 Å². The number of carbonyl (C=O) groups excluding carboxylic acids is 2. The summed E-state index contributed by atoms with van der Waals surface area (Å²) in [7, 11) is 0. The standard InChI is InChI=1S/C11H14N4O2/c12-9-5-13-4-3-8(9)11(17)14-6-10(16)15-7-1-2-7/h3-5,7H,1-2,6,12H2,(H,14,17)(H,15,16). The SMILES string of the molecule is Nc1cnccc1C(=O)NCC(=O)NC1CC1. The molecule has 0 radical (unpaired) electrons. The molecule has 0 atom stereocenters. The Balaban J connectivity index is 1.84. The van der Waals surface area contributed by atoms with Gasteiger partial charge in [-0.05, 0) is 18.9 Å². The fourth-order valence-electron chi connectivity index (χ4n) is 1.38. The Labute approximate surface area is 98.6 Å². The van der Waals surface area contributed by atoms with E-state index in [0.29, 0.717) is 17.3 Å². The monoisotopic (exact) mass is 234 g/mol. The van der Waals surface area contributed by atoms with E-state index >= 15 is 0 Å². The Morgan fingerprint density at radius 3 is 2.88 bits per heavy atom. The van der Waals surface area contributed by atoms with E-state index in [-0.39, 0.29) is 18.4 Å². The zero-order valence-corrected chi connectivity index (χ0v) is 9.27. The van der Waals surface area contributed by atoms with Gasteiger partial charge in [-0.3, -0.25) is 14.6 Å². The molecule has 1 aliphatic rings. The van der Waals surface area contributed by atoms with Gasteiger partial charge in [0.2, 0.25) is 5.91 Å². The molecule has 90 valence electrons. The predicted octanol–water partition coefficient (Wildman–Crippen LogP) is -0.328. The van der Waals surface area contributed by atoms with Crippen molar-refractivity contribution in [2.75, 3.05) is 12.3 Å². The summed E-state index contributed by atoms with van der Waals surface area (Å²) in [5.41, 5.74) is 6.23. The van der Waals surface area contributed by atoms with Crippen molar-refractivity contribution in [2.45, 2.75) is 18.9 Å². The van der Waals surface area contributed by atoms with E-state index in [1.807, 2.05) is 0 Å². The van der Waals surface area contributed by atoms with Gasteiger partial charge < -0.3 is 16.4 Å². The van der Waals surface area contributed by atoms with Gasteiger partial charge >= 0.3 is 0 Å². The third kappa shape index (κ3) is 3.17. The van der Waals surface area contributed by atoms with Crippen LogP contribution in [0.25, 0.3) is 0 Å². The van der Waals surface area contributed by atoms with E-state index in [2.05, 4.69) is 15.6 Å². The summed E-state index contributed by atoms with van der Waals surface area (Å²) in [4.78, 5) is 26.8. The molecule has 0 saturated heterocycles. The summed E-state index contributed by atoms with van der Waals surface area (Å²) in [6, 6.07) is 1.81. The average molecular weight is 234 g/mol. The average Bonchev–Trinajstić information content (AvgIpc) is 3.10. The summed E-state index contributed by atoms with van der Waals surface area (Å²) in [5.74, 6) is -0.538. The summed E-state index contributed by atoms with van der Waals surface area (Å²) in [6.07, 6.45) is 4.93. The number of nitrogen functional groups attached to an aromatic ring is 1. The van der Waals surface area contributed by atoms with Gasteiger partial charge in [-0.25, -0.2) is 0 Å². The summed E-state index contributed by atoms with van der Waals surface area (Å²) >= 11 is 0. The molecule has 1 saturated carbocycles. The minimum atomic E-state index is -0.365. The van der Waals surface area contributed by atoms with Crippen LogP contribution in [0.4, 0.5) is 5.69 Å². The molecule has 0 aromatic carbocycles. The quantitative estimate of drug-likeness (QED) is 0.664. The highest BCUT2D eigenvalue weighted by atomic mass is 16.2. The molecule has 1 aliphatic carbocycles. The number of rotatable bonds is 4. The third-order valence-electron chi connectivity index (χ3n) is 2.45. The van der Waals surface area contributed by atoms with Crippen LogP contribution in [-0.2, 0) is 4.79 Å². The molecule has 1 aromatic heterocycles. The van der Waals surface area contributed by atoms with Crippen LogP contribution in [0.1, 0.15) is 23.2 Å². The van der Waals surface area contributed by atoms with Gasteiger partial charge in [0, 0.05) is 12.2 Å². The fourth-order valence-corrected chi connectivity index (χ4v) is 1.38. The van der Waals surface area contributed by atoms with Crippen LogP contribution in [0.15, 0.2) is 18.5 Å². The molecule has 1 fully saturated rings. The first-order valence-corrected chi connectivity index (χ1v) is 5.44. The fraction of sp³-hybridized carbons (Fsp3) is 0.364. The second-order valence-electron chi connectivity index (χ2n) is 3.99.